The molecule has 70 valence electrons. The van der Waals surface area contributed by atoms with E-state index in [1.807, 2.05) is 30.3 Å². The highest BCUT2D eigenvalue weighted by molar-refractivity contribution is 7.19. The predicted molar refractivity (Wildman–Crippen MR) is 57.2 cm³/mol. The molecular weight excluding hydrogens is 196 g/mol. The first-order chi connectivity index (χ1) is 6.90. The Balaban J connectivity index is 2.29. The second kappa shape index (κ2) is 4.02. The summed E-state index contributed by atoms with van der Waals surface area (Å²) in [5, 5.41) is 4.25. The highest BCUT2D eigenvalue weighted by Gasteiger charge is 2.02. The largest absolute Gasteiger partial charge is 0.319 e. The Morgan fingerprint density at radius 1 is 1.29 bits per heavy atom. The van der Waals surface area contributed by atoms with E-state index >= 15 is 0 Å². The van der Waals surface area contributed by atoms with Gasteiger partial charge in [-0.15, -0.1) is 0 Å². The lowest BCUT2D eigenvalue weighted by Gasteiger charge is -1.92. The topological polar surface area (TPSA) is 42.0 Å². The number of amides is 1. The first kappa shape index (κ1) is 8.90. The second-order valence-corrected chi connectivity index (χ2v) is 3.69. The second-order valence-electron chi connectivity index (χ2n) is 2.66. The zero-order valence-electron chi connectivity index (χ0n) is 7.31. The number of nitrogens with zero attached hydrogens (tertiary/aromatic N) is 1. The fourth-order valence-electron chi connectivity index (χ4n) is 1.11. The van der Waals surface area contributed by atoms with Crippen molar-refractivity contribution in [3.63, 3.8) is 0 Å². The van der Waals surface area contributed by atoms with Crippen LogP contribution in [-0.4, -0.2) is 11.4 Å². The van der Waals surface area contributed by atoms with E-state index in [1.165, 1.54) is 11.3 Å². The van der Waals surface area contributed by atoms with E-state index in [9.17, 15) is 4.79 Å². The van der Waals surface area contributed by atoms with Gasteiger partial charge in [0, 0.05) is 5.56 Å². The Labute approximate surface area is 85.4 Å². The number of hydrogen-bond donors (Lipinski definition) is 1. The molecule has 0 saturated carbocycles. The molecule has 3 nitrogen and oxygen atoms in total. The maximum absolute atomic E-state index is 10.2. The number of benzene rings is 1. The molecule has 0 aliphatic carbocycles. The van der Waals surface area contributed by atoms with Crippen molar-refractivity contribution in [2.45, 2.75) is 0 Å². The molecule has 1 aromatic carbocycles. The van der Waals surface area contributed by atoms with Crippen LogP contribution in [0.15, 0.2) is 36.5 Å². The molecule has 2 aromatic rings. The lowest BCUT2D eigenvalue weighted by atomic mass is 10.2. The maximum atomic E-state index is 10.2. The monoisotopic (exact) mass is 204 g/mol. The van der Waals surface area contributed by atoms with Gasteiger partial charge in [0.15, 0.2) is 0 Å². The van der Waals surface area contributed by atoms with Crippen LogP contribution in [0.4, 0.5) is 5.00 Å². The highest BCUT2D eigenvalue weighted by Crippen LogP contribution is 2.27. The van der Waals surface area contributed by atoms with Gasteiger partial charge >= 0.3 is 0 Å². The quantitative estimate of drug-likeness (QED) is 0.780. The van der Waals surface area contributed by atoms with Gasteiger partial charge in [-0.1, -0.05) is 41.7 Å². The predicted octanol–water partition coefficient (Wildman–Crippen LogP) is 2.38. The third-order valence-corrected chi connectivity index (χ3v) is 2.71. The Morgan fingerprint density at radius 3 is 2.79 bits per heavy atom. The van der Waals surface area contributed by atoms with E-state index in [2.05, 4.69) is 10.3 Å². The van der Waals surface area contributed by atoms with Crippen molar-refractivity contribution in [2.24, 2.45) is 0 Å². The summed E-state index contributed by atoms with van der Waals surface area (Å²) < 4.78 is 0. The molecule has 0 fully saturated rings. The average Bonchev–Trinajstić information content (AvgIpc) is 2.68. The van der Waals surface area contributed by atoms with E-state index in [0.29, 0.717) is 6.41 Å². The SMILES string of the molecule is O=CNc1cnc(-c2ccccc2)s1. The lowest BCUT2D eigenvalue weighted by molar-refractivity contribution is -0.105. The van der Waals surface area contributed by atoms with Crippen molar-refractivity contribution >= 4 is 22.7 Å². The van der Waals surface area contributed by atoms with E-state index < -0.39 is 0 Å². The van der Waals surface area contributed by atoms with Crippen molar-refractivity contribution in [1.29, 1.82) is 0 Å². The number of hydrogen-bond acceptors (Lipinski definition) is 3. The molecular formula is C10H8N2OS. The van der Waals surface area contributed by atoms with Crippen LogP contribution in [0.1, 0.15) is 0 Å². The van der Waals surface area contributed by atoms with Crippen molar-refractivity contribution in [2.75, 3.05) is 5.32 Å². The molecule has 0 aliphatic rings. The lowest BCUT2D eigenvalue weighted by Crippen LogP contribution is -1.88. The van der Waals surface area contributed by atoms with E-state index in [0.717, 1.165) is 15.6 Å². The number of aromatic nitrogens is 1. The summed E-state index contributed by atoms with van der Waals surface area (Å²) in [5.41, 5.74) is 1.07. The van der Waals surface area contributed by atoms with Gasteiger partial charge in [0.2, 0.25) is 6.41 Å². The Hall–Kier alpha value is -1.68. The summed E-state index contributed by atoms with van der Waals surface area (Å²) in [6.45, 7) is 0. The summed E-state index contributed by atoms with van der Waals surface area (Å²) in [6, 6.07) is 9.86. The van der Waals surface area contributed by atoms with Crippen molar-refractivity contribution in [1.82, 2.24) is 4.98 Å². The minimum atomic E-state index is 0.655. The molecule has 0 saturated heterocycles. The van der Waals surface area contributed by atoms with Crippen LogP contribution < -0.4 is 5.32 Å². The third kappa shape index (κ3) is 1.80. The van der Waals surface area contributed by atoms with E-state index in [4.69, 9.17) is 0 Å². The van der Waals surface area contributed by atoms with Crippen molar-refractivity contribution in [3.8, 4) is 10.6 Å². The van der Waals surface area contributed by atoms with Crippen LogP contribution in [0.3, 0.4) is 0 Å². The molecule has 14 heavy (non-hydrogen) atoms. The van der Waals surface area contributed by atoms with Crippen LogP contribution in [-0.2, 0) is 4.79 Å². The fourth-order valence-corrected chi connectivity index (χ4v) is 1.89. The highest BCUT2D eigenvalue weighted by atomic mass is 32.1. The van der Waals surface area contributed by atoms with Crippen LogP contribution in [0.5, 0.6) is 0 Å². The van der Waals surface area contributed by atoms with Gasteiger partial charge in [0.05, 0.1) is 6.20 Å². The standard InChI is InChI=1S/C10H8N2OS/c13-7-12-9-6-11-10(14-9)8-4-2-1-3-5-8/h1-7H,(H,12,13). The van der Waals surface area contributed by atoms with Crippen molar-refractivity contribution < 1.29 is 4.79 Å². The molecule has 1 heterocycles. The number of rotatable bonds is 3. The molecule has 2 rings (SSSR count). The molecule has 0 spiro atoms. The van der Waals surface area contributed by atoms with Crippen LogP contribution >= 0.6 is 11.3 Å². The first-order valence-corrected chi connectivity index (χ1v) is 4.93. The van der Waals surface area contributed by atoms with Gasteiger partial charge in [0.1, 0.15) is 10.0 Å². The summed E-state index contributed by atoms with van der Waals surface area (Å²) in [7, 11) is 0. The van der Waals surface area contributed by atoms with Gasteiger partial charge < -0.3 is 5.32 Å². The number of anilines is 1. The molecule has 4 heteroatoms. The number of thiazole rings is 1. The zero-order valence-corrected chi connectivity index (χ0v) is 8.12. The first-order valence-electron chi connectivity index (χ1n) is 4.11. The van der Waals surface area contributed by atoms with E-state index in [-0.39, 0.29) is 0 Å². The summed E-state index contributed by atoms with van der Waals surface area (Å²) in [5.74, 6) is 0. The van der Waals surface area contributed by atoms with Gasteiger partial charge in [-0.3, -0.25) is 4.79 Å². The third-order valence-electron chi connectivity index (χ3n) is 1.73. The average molecular weight is 204 g/mol. The molecule has 0 atom stereocenters. The van der Waals surface area contributed by atoms with E-state index in [1.54, 1.807) is 6.20 Å². The normalized spacial score (nSPS) is 9.71. The molecule has 0 unspecified atom stereocenters. The summed E-state index contributed by atoms with van der Waals surface area (Å²) in [4.78, 5) is 14.4. The Bertz CT molecular complexity index is 425. The number of carbonyl (C=O) groups excluding carboxylic acids is 1. The zero-order chi connectivity index (χ0) is 9.80. The molecule has 1 amide bonds. The van der Waals surface area contributed by atoms with Crippen LogP contribution in [0.25, 0.3) is 10.6 Å². The number of nitrogens with one attached hydrogen (secondary N) is 1. The molecule has 1 N–H and O–H groups in total. The summed E-state index contributed by atoms with van der Waals surface area (Å²) >= 11 is 1.46. The van der Waals surface area contributed by atoms with Crippen LogP contribution in [0.2, 0.25) is 0 Å². The minimum absolute atomic E-state index is 0.655. The van der Waals surface area contributed by atoms with Gasteiger partial charge in [-0.25, -0.2) is 4.98 Å². The van der Waals surface area contributed by atoms with Crippen LogP contribution in [0, 0.1) is 0 Å². The van der Waals surface area contributed by atoms with Gasteiger partial charge in [-0.2, -0.15) is 0 Å². The van der Waals surface area contributed by atoms with Gasteiger partial charge in [-0.05, 0) is 0 Å². The maximum Gasteiger partial charge on any atom is 0.212 e. The number of carbonyl (C=O) groups is 1. The summed E-state index contributed by atoms with van der Waals surface area (Å²) in [6.07, 6.45) is 2.31. The van der Waals surface area contributed by atoms with Crippen molar-refractivity contribution in [3.05, 3.63) is 36.5 Å². The molecule has 0 bridgehead atoms. The minimum Gasteiger partial charge on any atom is -0.319 e. The Kier molecular flexibility index (Phi) is 2.55. The fraction of sp³-hybridized carbons (Fsp3) is 0. The van der Waals surface area contributed by atoms with Gasteiger partial charge in [0.25, 0.3) is 0 Å². The molecule has 1 aromatic heterocycles. The smallest absolute Gasteiger partial charge is 0.212 e. The Morgan fingerprint density at radius 2 is 2.07 bits per heavy atom. The molecule has 0 aliphatic heterocycles. The molecule has 0 radical (unpaired) electrons.